The van der Waals surface area contributed by atoms with Crippen LogP contribution in [0, 0.1) is 0 Å². The molecule has 0 radical (unpaired) electrons. The summed E-state index contributed by atoms with van der Waals surface area (Å²) in [4.78, 5) is 7.77. The Hall–Kier alpha value is -7.89. The van der Waals surface area contributed by atoms with E-state index in [9.17, 15) is 0 Å². The SMILES string of the molecule is c1ccc(-c2ccc(N(c3ccccc3)c3cc(C4N=c5ccccc5=C(c5ccc6oc7ccccc7c6c5)N4)c4oc5c6ccccc6ccc5c4c3)cc2)cc1. The molecule has 0 aliphatic carbocycles. The van der Waals surface area contributed by atoms with Crippen LogP contribution < -0.4 is 20.8 Å². The Balaban J connectivity index is 1.08. The van der Waals surface area contributed by atoms with Crippen molar-refractivity contribution in [3.05, 3.63) is 222 Å². The highest BCUT2D eigenvalue weighted by molar-refractivity contribution is 6.16. The van der Waals surface area contributed by atoms with Crippen LogP contribution in [0.4, 0.5) is 17.1 Å². The van der Waals surface area contributed by atoms with Crippen LogP contribution in [0.2, 0.25) is 0 Å². The van der Waals surface area contributed by atoms with Gasteiger partial charge in [0, 0.05) is 54.8 Å². The van der Waals surface area contributed by atoms with Crippen molar-refractivity contribution in [2.45, 2.75) is 6.17 Å². The zero-order valence-corrected chi connectivity index (χ0v) is 31.8. The van der Waals surface area contributed by atoms with Gasteiger partial charge in [-0.25, -0.2) is 0 Å². The van der Waals surface area contributed by atoms with E-state index in [-0.39, 0.29) is 0 Å². The highest BCUT2D eigenvalue weighted by atomic mass is 16.3. The summed E-state index contributed by atoms with van der Waals surface area (Å²) >= 11 is 0. The standard InChI is InChI=1S/C54H35N3O2/c1-3-13-34(14-4-1)35-23-27-39(28-24-35)57(38-16-5-2-6-17-38)40-32-46-43-29-25-36-15-7-8-18-41(36)52(43)59-53(46)47(33-40)54-55-48-21-11-9-20-44(48)51(56-54)37-26-30-50-45(31-37)42-19-10-12-22-49(42)58-50/h1-33,54,56H. The predicted octanol–water partition coefficient (Wildman–Crippen LogP) is 12.9. The molecule has 1 N–H and O–H groups in total. The minimum absolute atomic E-state index is 0.468. The van der Waals surface area contributed by atoms with E-state index in [1.165, 1.54) is 11.1 Å². The van der Waals surface area contributed by atoms with Gasteiger partial charge in [0.05, 0.1) is 11.1 Å². The second-order valence-corrected chi connectivity index (χ2v) is 15.1. The van der Waals surface area contributed by atoms with Crippen molar-refractivity contribution in [3.8, 4) is 11.1 Å². The maximum absolute atomic E-state index is 7.05. The molecule has 12 rings (SSSR count). The van der Waals surface area contributed by atoms with Gasteiger partial charge in [-0.1, -0.05) is 127 Å². The maximum atomic E-state index is 7.05. The molecule has 0 saturated heterocycles. The van der Waals surface area contributed by atoms with Crippen molar-refractivity contribution in [3.63, 3.8) is 0 Å². The number of nitrogens with one attached hydrogen (secondary N) is 1. The first kappa shape index (κ1) is 33.3. The molecule has 0 saturated carbocycles. The van der Waals surface area contributed by atoms with Crippen molar-refractivity contribution in [1.29, 1.82) is 0 Å². The Labute approximate surface area is 339 Å². The van der Waals surface area contributed by atoms with E-state index in [0.717, 1.165) is 99.1 Å². The van der Waals surface area contributed by atoms with Crippen molar-refractivity contribution >= 4 is 77.4 Å². The number of nitrogens with zero attached hydrogens (tertiary/aromatic N) is 2. The van der Waals surface area contributed by atoms with Gasteiger partial charge < -0.3 is 19.1 Å². The van der Waals surface area contributed by atoms with Gasteiger partial charge in [0.2, 0.25) is 0 Å². The Kier molecular flexibility index (Phi) is 7.53. The summed E-state index contributed by atoms with van der Waals surface area (Å²) in [6, 6.07) is 70.3. The normalized spacial score (nSPS) is 13.8. The fourth-order valence-electron chi connectivity index (χ4n) is 8.86. The molecule has 59 heavy (non-hydrogen) atoms. The molecule has 0 amide bonds. The number of hydrogen-bond donors (Lipinski definition) is 1. The first-order chi connectivity index (χ1) is 29.2. The monoisotopic (exact) mass is 757 g/mol. The lowest BCUT2D eigenvalue weighted by Gasteiger charge is -2.28. The smallest absolute Gasteiger partial charge is 0.149 e. The van der Waals surface area contributed by atoms with Crippen LogP contribution in [-0.4, -0.2) is 0 Å². The molecule has 1 atom stereocenters. The molecule has 5 heteroatoms. The maximum Gasteiger partial charge on any atom is 0.149 e. The summed E-state index contributed by atoms with van der Waals surface area (Å²) in [5.41, 5.74) is 11.9. The predicted molar refractivity (Wildman–Crippen MR) is 241 cm³/mol. The quantitative estimate of drug-likeness (QED) is 0.184. The van der Waals surface area contributed by atoms with Crippen molar-refractivity contribution < 1.29 is 8.83 Å². The number of rotatable bonds is 6. The summed E-state index contributed by atoms with van der Waals surface area (Å²) in [5, 5.41) is 12.4. The molecular weight excluding hydrogens is 723 g/mol. The summed E-state index contributed by atoms with van der Waals surface area (Å²) in [7, 11) is 0. The molecule has 5 nitrogen and oxygen atoms in total. The second kappa shape index (κ2) is 13.4. The lowest BCUT2D eigenvalue weighted by Crippen LogP contribution is -2.39. The molecular formula is C54H35N3O2. The Bertz CT molecular complexity index is 3530. The zero-order chi connectivity index (χ0) is 38.9. The second-order valence-electron chi connectivity index (χ2n) is 15.1. The molecule has 1 unspecified atom stereocenters. The largest absolute Gasteiger partial charge is 0.456 e. The highest BCUT2D eigenvalue weighted by Gasteiger charge is 2.26. The van der Waals surface area contributed by atoms with E-state index < -0.39 is 6.17 Å². The number of furan rings is 2. The highest BCUT2D eigenvalue weighted by Crippen LogP contribution is 2.44. The average Bonchev–Trinajstić information content (AvgIpc) is 3.88. The molecule has 278 valence electrons. The minimum Gasteiger partial charge on any atom is -0.456 e. The van der Waals surface area contributed by atoms with Gasteiger partial charge in [0.1, 0.15) is 28.5 Å². The molecule has 1 aliphatic rings. The Morgan fingerprint density at radius 1 is 0.424 bits per heavy atom. The number of anilines is 3. The van der Waals surface area contributed by atoms with Crippen molar-refractivity contribution in [1.82, 2.24) is 5.32 Å². The molecule has 11 aromatic rings. The molecule has 2 aromatic heterocycles. The molecule has 0 fully saturated rings. The third kappa shape index (κ3) is 5.51. The van der Waals surface area contributed by atoms with E-state index in [0.29, 0.717) is 0 Å². The van der Waals surface area contributed by atoms with Crippen molar-refractivity contribution in [2.24, 2.45) is 4.99 Å². The van der Waals surface area contributed by atoms with Gasteiger partial charge >= 0.3 is 0 Å². The van der Waals surface area contributed by atoms with E-state index in [1.54, 1.807) is 0 Å². The van der Waals surface area contributed by atoms with Crippen LogP contribution in [0.5, 0.6) is 0 Å². The van der Waals surface area contributed by atoms with Gasteiger partial charge in [-0.2, -0.15) is 0 Å². The number of benzene rings is 9. The lowest BCUT2D eigenvalue weighted by atomic mass is 10.00. The Morgan fingerprint density at radius 3 is 1.97 bits per heavy atom. The van der Waals surface area contributed by atoms with Crippen LogP contribution in [-0.2, 0) is 0 Å². The molecule has 1 aliphatic heterocycles. The van der Waals surface area contributed by atoms with Crippen LogP contribution in [0.3, 0.4) is 0 Å². The fraction of sp³-hybridized carbons (Fsp3) is 0.0185. The average molecular weight is 758 g/mol. The summed E-state index contributed by atoms with van der Waals surface area (Å²) in [6.45, 7) is 0. The van der Waals surface area contributed by atoms with E-state index in [2.05, 4.69) is 198 Å². The van der Waals surface area contributed by atoms with Crippen LogP contribution in [0.25, 0.3) is 71.5 Å². The summed E-state index contributed by atoms with van der Waals surface area (Å²) in [6.07, 6.45) is -0.468. The van der Waals surface area contributed by atoms with E-state index in [1.807, 2.05) is 12.1 Å². The van der Waals surface area contributed by atoms with Gasteiger partial charge in [0.25, 0.3) is 0 Å². The number of hydrogen-bond acceptors (Lipinski definition) is 5. The first-order valence-corrected chi connectivity index (χ1v) is 20.0. The van der Waals surface area contributed by atoms with Crippen molar-refractivity contribution in [2.75, 3.05) is 4.90 Å². The molecule has 3 heterocycles. The third-order valence-electron chi connectivity index (χ3n) is 11.7. The summed E-state index contributed by atoms with van der Waals surface area (Å²) in [5.74, 6) is 0. The van der Waals surface area contributed by atoms with Gasteiger partial charge in [-0.15, -0.1) is 0 Å². The Morgan fingerprint density at radius 2 is 1.10 bits per heavy atom. The van der Waals surface area contributed by atoms with Crippen LogP contribution >= 0.6 is 0 Å². The minimum atomic E-state index is -0.468. The topological polar surface area (TPSA) is 53.9 Å². The number of para-hydroxylation sites is 3. The molecule has 9 aromatic carbocycles. The fourth-order valence-corrected chi connectivity index (χ4v) is 8.86. The van der Waals surface area contributed by atoms with Gasteiger partial charge in [-0.05, 0) is 94.9 Å². The third-order valence-corrected chi connectivity index (χ3v) is 11.7. The summed E-state index contributed by atoms with van der Waals surface area (Å²) < 4.78 is 13.3. The van der Waals surface area contributed by atoms with Crippen LogP contribution in [0.1, 0.15) is 17.3 Å². The lowest BCUT2D eigenvalue weighted by molar-refractivity contribution is 0.609. The first-order valence-electron chi connectivity index (χ1n) is 20.0. The van der Waals surface area contributed by atoms with Gasteiger partial charge in [-0.3, -0.25) is 4.99 Å². The zero-order valence-electron chi connectivity index (χ0n) is 31.8. The van der Waals surface area contributed by atoms with Crippen LogP contribution in [0.15, 0.2) is 214 Å². The van der Waals surface area contributed by atoms with Gasteiger partial charge in [0.15, 0.2) is 0 Å². The molecule has 0 spiro atoms. The van der Waals surface area contributed by atoms with E-state index >= 15 is 0 Å². The molecule has 0 bridgehead atoms. The number of fused-ring (bicyclic) bond motifs is 9. The van der Waals surface area contributed by atoms with E-state index in [4.69, 9.17) is 13.8 Å².